The van der Waals surface area contributed by atoms with Gasteiger partial charge in [0.05, 0.1) is 0 Å². The molecule has 160 valence electrons. The van der Waals surface area contributed by atoms with Crippen molar-refractivity contribution in [3.63, 3.8) is 0 Å². The molecule has 1 aromatic rings. The summed E-state index contributed by atoms with van der Waals surface area (Å²) >= 11 is 0. The van der Waals surface area contributed by atoms with Crippen LogP contribution in [0.3, 0.4) is 0 Å². The Balaban J connectivity index is 0.00000280. The summed E-state index contributed by atoms with van der Waals surface area (Å²) in [5, 5.41) is 15.6. The van der Waals surface area contributed by atoms with Gasteiger partial charge in [0, 0.05) is 19.6 Å². The summed E-state index contributed by atoms with van der Waals surface area (Å²) in [5.41, 5.74) is 0. The number of aryl methyl sites for hydroxylation is 1. The highest BCUT2D eigenvalue weighted by atomic mass is 127. The Labute approximate surface area is 187 Å². The van der Waals surface area contributed by atoms with Crippen LogP contribution >= 0.6 is 24.0 Å². The third-order valence-corrected chi connectivity index (χ3v) is 6.31. The van der Waals surface area contributed by atoms with Crippen LogP contribution in [0.25, 0.3) is 0 Å². The van der Waals surface area contributed by atoms with Crippen molar-refractivity contribution in [3.05, 3.63) is 11.6 Å². The molecule has 7 heteroatoms. The molecule has 0 unspecified atom stereocenters. The van der Waals surface area contributed by atoms with Crippen LogP contribution in [0.1, 0.15) is 88.7 Å². The van der Waals surface area contributed by atoms with E-state index in [1.54, 1.807) is 0 Å². The molecule has 0 bridgehead atoms. The molecule has 28 heavy (non-hydrogen) atoms. The van der Waals surface area contributed by atoms with Crippen LogP contribution in [0.2, 0.25) is 0 Å². The normalized spacial score (nSPS) is 18.9. The first-order valence-electron chi connectivity index (χ1n) is 11.1. The second-order valence-corrected chi connectivity index (χ2v) is 8.44. The molecule has 6 nitrogen and oxygen atoms in total. The van der Waals surface area contributed by atoms with Crippen LogP contribution in [0.4, 0.5) is 0 Å². The fourth-order valence-electron chi connectivity index (χ4n) is 4.40. The van der Waals surface area contributed by atoms with Gasteiger partial charge in [0.2, 0.25) is 0 Å². The average molecular weight is 502 g/mol. The maximum atomic E-state index is 4.81. The second-order valence-electron chi connectivity index (χ2n) is 8.44. The van der Waals surface area contributed by atoms with E-state index in [-0.39, 0.29) is 24.0 Å². The molecule has 2 aliphatic rings. The molecular formula is C21H39IN6. The highest BCUT2D eigenvalue weighted by Crippen LogP contribution is 2.28. The molecule has 0 aliphatic heterocycles. The molecule has 0 amide bonds. The average Bonchev–Trinajstić information content (AvgIpc) is 3.31. The van der Waals surface area contributed by atoms with Crippen molar-refractivity contribution in [1.82, 2.24) is 25.4 Å². The minimum absolute atomic E-state index is 0. The number of halogens is 1. The Bertz CT molecular complexity index is 588. The molecule has 2 N–H and O–H groups in total. The highest BCUT2D eigenvalue weighted by Gasteiger charge is 2.16. The Morgan fingerprint density at radius 3 is 2.43 bits per heavy atom. The minimum atomic E-state index is 0. The Morgan fingerprint density at radius 2 is 1.75 bits per heavy atom. The van der Waals surface area contributed by atoms with Gasteiger partial charge in [0.15, 0.2) is 11.8 Å². The Kier molecular flexibility index (Phi) is 10.6. The van der Waals surface area contributed by atoms with Gasteiger partial charge in [-0.25, -0.2) is 4.99 Å². The first-order valence-corrected chi connectivity index (χ1v) is 11.1. The van der Waals surface area contributed by atoms with E-state index in [0.717, 1.165) is 30.1 Å². The van der Waals surface area contributed by atoms with E-state index in [1.807, 2.05) is 18.5 Å². The summed E-state index contributed by atoms with van der Waals surface area (Å²) < 4.78 is 2.02. The summed E-state index contributed by atoms with van der Waals surface area (Å²) in [7, 11) is 2.00. The van der Waals surface area contributed by atoms with E-state index in [1.165, 1.54) is 77.0 Å². The highest BCUT2D eigenvalue weighted by molar-refractivity contribution is 14.0. The maximum absolute atomic E-state index is 4.81. The van der Waals surface area contributed by atoms with Crippen LogP contribution in [-0.4, -0.2) is 33.3 Å². The molecule has 0 spiro atoms. The molecule has 0 atom stereocenters. The van der Waals surface area contributed by atoms with E-state index in [9.17, 15) is 0 Å². The lowest BCUT2D eigenvalue weighted by Crippen LogP contribution is -2.44. The molecule has 2 aliphatic carbocycles. The zero-order valence-corrected chi connectivity index (χ0v) is 20.1. The Morgan fingerprint density at radius 1 is 1.04 bits per heavy atom. The monoisotopic (exact) mass is 502 g/mol. The summed E-state index contributed by atoms with van der Waals surface area (Å²) in [6, 6.07) is 0.560. The van der Waals surface area contributed by atoms with Crippen molar-refractivity contribution >= 4 is 29.9 Å². The number of nitrogens with zero attached hydrogens (tertiary/aromatic N) is 4. The third kappa shape index (κ3) is 7.52. The SMILES string of the molecule is Cc1nnc(CN=C(NCCCCC2CCCC2)NC2CCCCC2)n1C.I. The van der Waals surface area contributed by atoms with E-state index < -0.39 is 0 Å². The van der Waals surface area contributed by atoms with Gasteiger partial charge in [-0.1, -0.05) is 57.8 Å². The van der Waals surface area contributed by atoms with Crippen LogP contribution in [-0.2, 0) is 13.6 Å². The first kappa shape index (κ1) is 23.4. The van der Waals surface area contributed by atoms with Gasteiger partial charge in [-0.05, 0) is 32.1 Å². The van der Waals surface area contributed by atoms with E-state index in [0.29, 0.717) is 12.6 Å². The van der Waals surface area contributed by atoms with Crippen LogP contribution in [0.15, 0.2) is 4.99 Å². The fourth-order valence-corrected chi connectivity index (χ4v) is 4.40. The zero-order chi connectivity index (χ0) is 18.9. The van der Waals surface area contributed by atoms with Crippen molar-refractivity contribution < 1.29 is 0 Å². The van der Waals surface area contributed by atoms with Gasteiger partial charge in [0.1, 0.15) is 12.4 Å². The zero-order valence-electron chi connectivity index (χ0n) is 17.8. The molecule has 0 aromatic carbocycles. The predicted molar refractivity (Wildman–Crippen MR) is 126 cm³/mol. The minimum Gasteiger partial charge on any atom is -0.356 e. The smallest absolute Gasteiger partial charge is 0.191 e. The van der Waals surface area contributed by atoms with E-state index in [4.69, 9.17) is 4.99 Å². The first-order chi connectivity index (χ1) is 13.2. The van der Waals surface area contributed by atoms with Gasteiger partial charge < -0.3 is 15.2 Å². The molecule has 0 radical (unpaired) electrons. The van der Waals surface area contributed by atoms with Gasteiger partial charge in [-0.3, -0.25) is 0 Å². The largest absolute Gasteiger partial charge is 0.356 e. The lowest BCUT2D eigenvalue weighted by molar-refractivity contribution is 0.409. The summed E-state index contributed by atoms with van der Waals surface area (Å²) in [6.45, 7) is 3.55. The van der Waals surface area contributed by atoms with Gasteiger partial charge in [-0.2, -0.15) is 0 Å². The van der Waals surface area contributed by atoms with Crippen molar-refractivity contribution in [3.8, 4) is 0 Å². The number of guanidine groups is 1. The summed E-state index contributed by atoms with van der Waals surface area (Å²) in [6.07, 6.45) is 16.3. The number of nitrogens with one attached hydrogen (secondary N) is 2. The molecule has 0 saturated heterocycles. The molecule has 1 aromatic heterocycles. The summed E-state index contributed by atoms with van der Waals surface area (Å²) in [4.78, 5) is 4.81. The van der Waals surface area contributed by atoms with E-state index >= 15 is 0 Å². The van der Waals surface area contributed by atoms with Gasteiger partial charge in [0.25, 0.3) is 0 Å². The number of aliphatic imine (C=N–C) groups is 1. The third-order valence-electron chi connectivity index (χ3n) is 6.31. The number of rotatable bonds is 8. The lowest BCUT2D eigenvalue weighted by atomic mass is 9.96. The number of aromatic nitrogens is 3. The molecular weight excluding hydrogens is 463 g/mol. The van der Waals surface area contributed by atoms with Gasteiger partial charge in [-0.15, -0.1) is 34.2 Å². The van der Waals surface area contributed by atoms with Crippen LogP contribution in [0.5, 0.6) is 0 Å². The predicted octanol–water partition coefficient (Wildman–Crippen LogP) is 4.47. The van der Waals surface area contributed by atoms with E-state index in [2.05, 4.69) is 20.8 Å². The van der Waals surface area contributed by atoms with Crippen LogP contribution in [0, 0.1) is 12.8 Å². The maximum Gasteiger partial charge on any atom is 0.191 e. The Hall–Kier alpha value is -0.860. The molecule has 2 saturated carbocycles. The standard InChI is InChI=1S/C21H38N6.HI/c1-17-25-26-20(27(17)2)16-23-21(24-19-13-4-3-5-14-19)22-15-9-8-12-18-10-6-7-11-18;/h18-19H,3-16H2,1-2H3,(H2,22,23,24);1H. The molecule has 1 heterocycles. The second kappa shape index (κ2) is 12.6. The molecule has 2 fully saturated rings. The number of hydrogen-bond donors (Lipinski definition) is 2. The number of hydrogen-bond acceptors (Lipinski definition) is 3. The van der Waals surface area contributed by atoms with Crippen molar-refractivity contribution in [1.29, 1.82) is 0 Å². The van der Waals surface area contributed by atoms with Crippen LogP contribution < -0.4 is 10.6 Å². The summed E-state index contributed by atoms with van der Waals surface area (Å²) in [5.74, 6) is 3.79. The molecule has 3 rings (SSSR count). The van der Waals surface area contributed by atoms with Crippen molar-refractivity contribution in [2.75, 3.05) is 6.54 Å². The fraction of sp³-hybridized carbons (Fsp3) is 0.857. The van der Waals surface area contributed by atoms with Gasteiger partial charge >= 0.3 is 0 Å². The quantitative estimate of drug-likeness (QED) is 0.238. The van der Waals surface area contributed by atoms with Crippen molar-refractivity contribution in [2.45, 2.75) is 96.6 Å². The lowest BCUT2D eigenvalue weighted by Gasteiger charge is -2.25. The topological polar surface area (TPSA) is 67.1 Å². The number of unbranched alkanes of at least 4 members (excludes halogenated alkanes) is 1. The van der Waals surface area contributed by atoms with Crippen molar-refractivity contribution in [2.24, 2.45) is 18.0 Å².